The molecule has 1 aliphatic rings. The van der Waals surface area contributed by atoms with Gasteiger partial charge in [0.2, 0.25) is 0 Å². The number of aliphatic hydroxyl groups is 1. The third-order valence-corrected chi connectivity index (χ3v) is 4.62. The molecule has 0 bridgehead atoms. The van der Waals surface area contributed by atoms with Gasteiger partial charge in [0.25, 0.3) is 5.91 Å². The number of aromatic nitrogens is 1. The van der Waals surface area contributed by atoms with Gasteiger partial charge in [-0.25, -0.2) is 4.98 Å². The van der Waals surface area contributed by atoms with Crippen LogP contribution < -0.4 is 0 Å². The minimum absolute atomic E-state index is 0.0625. The van der Waals surface area contributed by atoms with Gasteiger partial charge in [-0.05, 0) is 37.1 Å². The Balaban J connectivity index is 1.77. The molecule has 6 nitrogen and oxygen atoms in total. The van der Waals surface area contributed by atoms with Gasteiger partial charge in [-0.3, -0.25) is 4.79 Å². The fraction of sp³-hybridized carbons (Fsp3) is 0.421. The van der Waals surface area contributed by atoms with Gasteiger partial charge in [0.15, 0.2) is 0 Å². The summed E-state index contributed by atoms with van der Waals surface area (Å²) in [5, 5.41) is 19.3. The van der Waals surface area contributed by atoms with Crippen molar-refractivity contribution in [3.05, 3.63) is 53.7 Å². The standard InChI is InChI=1S/C19H21N3O3/c20-12-14-7-8-16(21-13-14)19(24)22-9-3-1-2-5-15(22)11-17(23)18-6-4-10-25-18/h4,6-8,10,13,15,17,23H,1-3,5,9,11H2. The monoisotopic (exact) mass is 339 g/mol. The summed E-state index contributed by atoms with van der Waals surface area (Å²) in [6.07, 6.45) is 6.54. The molecule has 0 radical (unpaired) electrons. The van der Waals surface area contributed by atoms with Gasteiger partial charge >= 0.3 is 0 Å². The lowest BCUT2D eigenvalue weighted by atomic mass is 10.0. The summed E-state index contributed by atoms with van der Waals surface area (Å²) < 4.78 is 5.28. The van der Waals surface area contributed by atoms with Gasteiger partial charge in [-0.15, -0.1) is 0 Å². The second kappa shape index (κ2) is 7.95. The zero-order valence-corrected chi connectivity index (χ0v) is 14.0. The van der Waals surface area contributed by atoms with Crippen LogP contribution in [0.15, 0.2) is 41.1 Å². The Hall–Kier alpha value is -2.65. The highest BCUT2D eigenvalue weighted by molar-refractivity contribution is 5.92. The summed E-state index contributed by atoms with van der Waals surface area (Å²) in [7, 11) is 0. The SMILES string of the molecule is N#Cc1ccc(C(=O)N2CCCCCC2CC(O)c2ccco2)nc1. The molecule has 2 unspecified atom stereocenters. The van der Waals surface area contributed by atoms with Crippen LogP contribution in [0.1, 0.15) is 60.0 Å². The van der Waals surface area contributed by atoms with Crippen molar-refractivity contribution in [2.24, 2.45) is 0 Å². The molecule has 6 heteroatoms. The fourth-order valence-electron chi connectivity index (χ4n) is 3.28. The molecule has 1 saturated heterocycles. The zero-order valence-electron chi connectivity index (χ0n) is 14.0. The highest BCUT2D eigenvalue weighted by Crippen LogP contribution is 2.27. The average Bonchev–Trinajstić information content (AvgIpc) is 3.09. The maximum Gasteiger partial charge on any atom is 0.272 e. The van der Waals surface area contributed by atoms with E-state index in [0.717, 1.165) is 25.7 Å². The second-order valence-electron chi connectivity index (χ2n) is 6.31. The first-order valence-electron chi connectivity index (χ1n) is 8.57. The van der Waals surface area contributed by atoms with Gasteiger partial charge in [-0.1, -0.05) is 12.8 Å². The molecule has 1 amide bonds. The molecule has 0 aliphatic carbocycles. The van der Waals surface area contributed by atoms with Crippen LogP contribution in [0.3, 0.4) is 0 Å². The number of carbonyl (C=O) groups excluding carboxylic acids is 1. The van der Waals surface area contributed by atoms with E-state index in [9.17, 15) is 9.90 Å². The average molecular weight is 339 g/mol. The van der Waals surface area contributed by atoms with Crippen molar-refractivity contribution in [2.45, 2.75) is 44.2 Å². The predicted molar refractivity (Wildman–Crippen MR) is 90.5 cm³/mol. The Kier molecular flexibility index (Phi) is 5.46. The predicted octanol–water partition coefficient (Wildman–Crippen LogP) is 3.05. The number of carbonyl (C=O) groups is 1. The Morgan fingerprint density at radius 1 is 1.40 bits per heavy atom. The number of hydrogen-bond acceptors (Lipinski definition) is 5. The van der Waals surface area contributed by atoms with E-state index >= 15 is 0 Å². The lowest BCUT2D eigenvalue weighted by Crippen LogP contribution is -2.41. The third kappa shape index (κ3) is 4.06. The second-order valence-corrected chi connectivity index (χ2v) is 6.31. The zero-order chi connectivity index (χ0) is 17.6. The number of furan rings is 1. The number of aliphatic hydroxyl groups excluding tert-OH is 1. The molecule has 0 aromatic carbocycles. The first kappa shape index (κ1) is 17.2. The van der Waals surface area contributed by atoms with Crippen LogP contribution in [0.25, 0.3) is 0 Å². The van der Waals surface area contributed by atoms with Crippen molar-refractivity contribution in [3.8, 4) is 6.07 Å². The van der Waals surface area contributed by atoms with Crippen LogP contribution in [0.5, 0.6) is 0 Å². The topological polar surface area (TPSA) is 90.4 Å². The number of rotatable bonds is 4. The van der Waals surface area contributed by atoms with Gasteiger partial charge in [0.1, 0.15) is 23.6 Å². The van der Waals surface area contributed by atoms with Crippen LogP contribution in [-0.2, 0) is 0 Å². The van der Waals surface area contributed by atoms with Crippen molar-refractivity contribution in [3.63, 3.8) is 0 Å². The number of pyridine rings is 1. The van der Waals surface area contributed by atoms with Crippen LogP contribution in [0, 0.1) is 11.3 Å². The molecule has 3 heterocycles. The quantitative estimate of drug-likeness (QED) is 0.924. The Morgan fingerprint density at radius 3 is 2.96 bits per heavy atom. The smallest absolute Gasteiger partial charge is 0.272 e. The minimum atomic E-state index is -0.734. The Bertz CT molecular complexity index is 734. The largest absolute Gasteiger partial charge is 0.467 e. The Morgan fingerprint density at radius 2 is 2.28 bits per heavy atom. The van der Waals surface area contributed by atoms with E-state index in [0.29, 0.717) is 30.0 Å². The van der Waals surface area contributed by atoms with E-state index in [1.54, 1.807) is 24.3 Å². The van der Waals surface area contributed by atoms with Crippen molar-refractivity contribution in [1.82, 2.24) is 9.88 Å². The van der Waals surface area contributed by atoms with E-state index in [-0.39, 0.29) is 11.9 Å². The van der Waals surface area contributed by atoms with E-state index in [1.807, 2.05) is 11.0 Å². The molecule has 2 aromatic heterocycles. The van der Waals surface area contributed by atoms with Gasteiger partial charge in [0.05, 0.1) is 11.8 Å². The summed E-state index contributed by atoms with van der Waals surface area (Å²) >= 11 is 0. The molecule has 130 valence electrons. The van der Waals surface area contributed by atoms with E-state index in [2.05, 4.69) is 4.98 Å². The minimum Gasteiger partial charge on any atom is -0.467 e. The van der Waals surface area contributed by atoms with Crippen LogP contribution in [-0.4, -0.2) is 33.5 Å². The maximum atomic E-state index is 12.9. The van der Waals surface area contributed by atoms with Gasteiger partial charge < -0.3 is 14.4 Å². The van der Waals surface area contributed by atoms with Crippen molar-refractivity contribution in [2.75, 3.05) is 6.54 Å². The highest BCUT2D eigenvalue weighted by atomic mass is 16.4. The molecule has 0 spiro atoms. The summed E-state index contributed by atoms with van der Waals surface area (Å²) in [6.45, 7) is 0.649. The molecule has 0 saturated carbocycles. The number of nitrogens with zero attached hydrogens (tertiary/aromatic N) is 3. The van der Waals surface area contributed by atoms with Gasteiger partial charge in [-0.2, -0.15) is 5.26 Å². The Labute approximate surface area is 146 Å². The van der Waals surface area contributed by atoms with E-state index < -0.39 is 6.10 Å². The molecule has 1 fully saturated rings. The van der Waals surface area contributed by atoms with Gasteiger partial charge in [0, 0.05) is 25.2 Å². The van der Waals surface area contributed by atoms with Crippen LogP contribution >= 0.6 is 0 Å². The normalized spacial score (nSPS) is 19.0. The maximum absolute atomic E-state index is 12.9. The fourth-order valence-corrected chi connectivity index (χ4v) is 3.28. The van der Waals surface area contributed by atoms with E-state index in [1.165, 1.54) is 12.5 Å². The molecule has 25 heavy (non-hydrogen) atoms. The lowest BCUT2D eigenvalue weighted by Gasteiger charge is -2.31. The summed E-state index contributed by atoms with van der Waals surface area (Å²) in [6, 6.07) is 8.62. The number of hydrogen-bond donors (Lipinski definition) is 1. The number of likely N-dealkylation sites (tertiary alicyclic amines) is 1. The van der Waals surface area contributed by atoms with Crippen molar-refractivity contribution < 1.29 is 14.3 Å². The van der Waals surface area contributed by atoms with Crippen LogP contribution in [0.4, 0.5) is 0 Å². The lowest BCUT2D eigenvalue weighted by molar-refractivity contribution is 0.0552. The molecular formula is C19H21N3O3. The van der Waals surface area contributed by atoms with Crippen molar-refractivity contribution in [1.29, 1.82) is 5.26 Å². The third-order valence-electron chi connectivity index (χ3n) is 4.62. The molecule has 2 atom stereocenters. The molecule has 3 rings (SSSR count). The van der Waals surface area contributed by atoms with Crippen LogP contribution in [0.2, 0.25) is 0 Å². The summed E-state index contributed by atoms with van der Waals surface area (Å²) in [5.74, 6) is 0.371. The van der Waals surface area contributed by atoms with E-state index in [4.69, 9.17) is 9.68 Å². The molecule has 1 N–H and O–H groups in total. The molecule has 2 aromatic rings. The molecule has 1 aliphatic heterocycles. The number of amides is 1. The highest BCUT2D eigenvalue weighted by Gasteiger charge is 2.29. The summed E-state index contributed by atoms with van der Waals surface area (Å²) in [5.41, 5.74) is 0.760. The first-order chi connectivity index (χ1) is 12.2. The van der Waals surface area contributed by atoms with Crippen molar-refractivity contribution >= 4 is 5.91 Å². The summed E-state index contributed by atoms with van der Waals surface area (Å²) in [4.78, 5) is 18.8. The number of nitriles is 1. The molecular weight excluding hydrogens is 318 g/mol. The first-order valence-corrected chi connectivity index (χ1v) is 8.57.